The topological polar surface area (TPSA) is 65.8 Å². The van der Waals surface area contributed by atoms with Gasteiger partial charge in [-0.25, -0.2) is 0 Å². The van der Waals surface area contributed by atoms with Gasteiger partial charge in [0.1, 0.15) is 5.69 Å². The zero-order chi connectivity index (χ0) is 15.6. The van der Waals surface area contributed by atoms with Gasteiger partial charge in [0, 0.05) is 37.4 Å². The summed E-state index contributed by atoms with van der Waals surface area (Å²) in [6.07, 6.45) is 3.78. The van der Waals surface area contributed by atoms with Crippen LogP contribution in [0.2, 0.25) is 0 Å². The Hall–Kier alpha value is -2.56. The molecule has 0 spiro atoms. The van der Waals surface area contributed by atoms with Gasteiger partial charge in [0.05, 0.1) is 0 Å². The number of carbonyl (C=O) groups excluding carboxylic acids is 1. The first-order valence-corrected chi connectivity index (χ1v) is 6.70. The predicted molar refractivity (Wildman–Crippen MR) is 84.1 cm³/mol. The smallest absolute Gasteiger partial charge is 0.269 e. The lowest BCUT2D eigenvalue weighted by Crippen LogP contribution is -2.11. The molecule has 0 aliphatic heterocycles. The molecule has 5 heteroatoms. The molecule has 2 aromatic heterocycles. The molecule has 21 heavy (non-hydrogen) atoms. The summed E-state index contributed by atoms with van der Waals surface area (Å²) in [7, 11) is 3.81. The van der Waals surface area contributed by atoms with Crippen LogP contribution in [-0.4, -0.2) is 20.3 Å². The molecule has 3 rings (SSSR count). The standard InChI is InChI=1S/C11H13N.C5H7N3O/c1-8-6-9(2)10-4-5-12(3)11(10)7-8;1-8-3-2-4(7-8)5(6)9/h4-7H,1-3H3;2-3H,1H3,(H2,6,9). The first kappa shape index (κ1) is 14.8. The van der Waals surface area contributed by atoms with E-state index in [1.54, 1.807) is 19.3 Å². The minimum Gasteiger partial charge on any atom is -0.364 e. The summed E-state index contributed by atoms with van der Waals surface area (Å²) >= 11 is 0. The van der Waals surface area contributed by atoms with Crippen LogP contribution < -0.4 is 5.73 Å². The Morgan fingerprint density at radius 3 is 2.38 bits per heavy atom. The minimum absolute atomic E-state index is 0.303. The third kappa shape index (κ3) is 3.31. The zero-order valence-electron chi connectivity index (χ0n) is 12.8. The van der Waals surface area contributed by atoms with E-state index in [2.05, 4.69) is 55.0 Å². The molecule has 1 amide bonds. The number of nitrogens with two attached hydrogens (primary N) is 1. The highest BCUT2D eigenvalue weighted by atomic mass is 16.1. The number of aromatic nitrogens is 3. The van der Waals surface area contributed by atoms with E-state index < -0.39 is 5.91 Å². The number of benzene rings is 1. The Labute approximate surface area is 124 Å². The van der Waals surface area contributed by atoms with Crippen LogP contribution in [0.1, 0.15) is 21.6 Å². The fraction of sp³-hybridized carbons (Fsp3) is 0.250. The van der Waals surface area contributed by atoms with Gasteiger partial charge in [0.15, 0.2) is 0 Å². The van der Waals surface area contributed by atoms with Crippen molar-refractivity contribution in [3.63, 3.8) is 0 Å². The molecule has 2 heterocycles. The molecule has 0 saturated heterocycles. The van der Waals surface area contributed by atoms with Gasteiger partial charge in [0.2, 0.25) is 0 Å². The van der Waals surface area contributed by atoms with E-state index in [0.29, 0.717) is 5.69 Å². The third-order valence-corrected chi connectivity index (χ3v) is 3.32. The van der Waals surface area contributed by atoms with Crippen molar-refractivity contribution in [1.82, 2.24) is 14.3 Å². The number of aryl methyl sites for hydroxylation is 4. The molecule has 0 aliphatic carbocycles. The summed E-state index contributed by atoms with van der Waals surface area (Å²) in [5.41, 5.74) is 9.24. The van der Waals surface area contributed by atoms with Crippen LogP contribution in [0.25, 0.3) is 10.9 Å². The van der Waals surface area contributed by atoms with Crippen molar-refractivity contribution in [1.29, 1.82) is 0 Å². The van der Waals surface area contributed by atoms with E-state index in [9.17, 15) is 4.79 Å². The number of hydrogen-bond acceptors (Lipinski definition) is 2. The van der Waals surface area contributed by atoms with Crippen molar-refractivity contribution in [2.75, 3.05) is 0 Å². The predicted octanol–water partition coefficient (Wildman–Crippen LogP) is 2.31. The van der Waals surface area contributed by atoms with Crippen molar-refractivity contribution in [3.8, 4) is 0 Å². The van der Waals surface area contributed by atoms with Gasteiger partial charge in [-0.2, -0.15) is 5.10 Å². The highest BCUT2D eigenvalue weighted by Gasteiger charge is 2.01. The second kappa shape index (κ2) is 5.83. The maximum Gasteiger partial charge on any atom is 0.269 e. The second-order valence-electron chi connectivity index (χ2n) is 5.18. The fourth-order valence-corrected chi connectivity index (χ4v) is 2.28. The summed E-state index contributed by atoms with van der Waals surface area (Å²) in [6, 6.07) is 8.19. The highest BCUT2D eigenvalue weighted by molar-refractivity contribution is 5.90. The summed E-state index contributed by atoms with van der Waals surface area (Å²) < 4.78 is 3.69. The second-order valence-corrected chi connectivity index (χ2v) is 5.18. The lowest BCUT2D eigenvalue weighted by Gasteiger charge is -2.01. The molecular weight excluding hydrogens is 264 g/mol. The average Bonchev–Trinajstić information content (AvgIpc) is 2.98. The van der Waals surface area contributed by atoms with Crippen LogP contribution in [0.4, 0.5) is 0 Å². The maximum absolute atomic E-state index is 10.4. The van der Waals surface area contributed by atoms with Crippen LogP contribution in [0, 0.1) is 13.8 Å². The Kier molecular flexibility index (Phi) is 4.12. The van der Waals surface area contributed by atoms with E-state index in [4.69, 9.17) is 5.73 Å². The lowest BCUT2D eigenvalue weighted by atomic mass is 10.1. The molecule has 0 fully saturated rings. The molecule has 0 radical (unpaired) electrons. The molecule has 1 aromatic carbocycles. The van der Waals surface area contributed by atoms with E-state index in [0.717, 1.165) is 0 Å². The molecule has 2 N–H and O–H groups in total. The summed E-state index contributed by atoms with van der Waals surface area (Å²) in [4.78, 5) is 10.4. The van der Waals surface area contributed by atoms with Crippen molar-refractivity contribution < 1.29 is 4.79 Å². The van der Waals surface area contributed by atoms with Gasteiger partial charge >= 0.3 is 0 Å². The molecule has 3 aromatic rings. The average molecular weight is 284 g/mol. The van der Waals surface area contributed by atoms with Gasteiger partial charge < -0.3 is 10.3 Å². The van der Waals surface area contributed by atoms with Gasteiger partial charge in [-0.1, -0.05) is 6.07 Å². The van der Waals surface area contributed by atoms with Crippen molar-refractivity contribution in [2.24, 2.45) is 19.8 Å². The number of rotatable bonds is 1. The summed E-state index contributed by atoms with van der Waals surface area (Å²) in [5, 5.41) is 5.12. The molecule has 0 aliphatic rings. The quantitative estimate of drug-likeness (QED) is 0.745. The monoisotopic (exact) mass is 284 g/mol. The van der Waals surface area contributed by atoms with E-state index in [1.807, 2.05) is 0 Å². The Morgan fingerprint density at radius 2 is 1.86 bits per heavy atom. The maximum atomic E-state index is 10.4. The highest BCUT2D eigenvalue weighted by Crippen LogP contribution is 2.20. The van der Waals surface area contributed by atoms with Crippen molar-refractivity contribution in [3.05, 3.63) is 53.5 Å². The number of hydrogen-bond donors (Lipinski definition) is 1. The molecule has 0 bridgehead atoms. The molecular formula is C16H20N4O. The normalized spacial score (nSPS) is 10.3. The van der Waals surface area contributed by atoms with Crippen LogP contribution in [0.3, 0.4) is 0 Å². The number of amides is 1. The summed E-state index contributed by atoms with van der Waals surface area (Å²) in [6.45, 7) is 4.30. The van der Waals surface area contributed by atoms with Crippen LogP contribution >= 0.6 is 0 Å². The number of carbonyl (C=O) groups is 1. The number of fused-ring (bicyclic) bond motifs is 1. The molecule has 110 valence electrons. The van der Waals surface area contributed by atoms with Crippen LogP contribution in [0.5, 0.6) is 0 Å². The molecule has 0 atom stereocenters. The van der Waals surface area contributed by atoms with Crippen LogP contribution in [-0.2, 0) is 14.1 Å². The van der Waals surface area contributed by atoms with Crippen molar-refractivity contribution in [2.45, 2.75) is 13.8 Å². The molecule has 0 saturated carbocycles. The number of primary amides is 1. The molecule has 0 unspecified atom stereocenters. The van der Waals surface area contributed by atoms with E-state index in [-0.39, 0.29) is 0 Å². The Balaban J connectivity index is 0.000000161. The van der Waals surface area contributed by atoms with Gasteiger partial charge in [-0.05, 0) is 43.2 Å². The van der Waals surface area contributed by atoms with E-state index >= 15 is 0 Å². The first-order valence-electron chi connectivity index (χ1n) is 6.70. The van der Waals surface area contributed by atoms with Crippen molar-refractivity contribution >= 4 is 16.8 Å². The lowest BCUT2D eigenvalue weighted by molar-refractivity contribution is 0.0995. The summed E-state index contributed by atoms with van der Waals surface area (Å²) in [5.74, 6) is -0.490. The zero-order valence-corrected chi connectivity index (χ0v) is 12.8. The Bertz CT molecular complexity index is 783. The van der Waals surface area contributed by atoms with Gasteiger partial charge in [-0.3, -0.25) is 9.48 Å². The number of nitrogens with zero attached hydrogens (tertiary/aromatic N) is 3. The minimum atomic E-state index is -0.490. The van der Waals surface area contributed by atoms with Crippen LogP contribution in [0.15, 0.2) is 36.7 Å². The van der Waals surface area contributed by atoms with Gasteiger partial charge in [0.25, 0.3) is 5.91 Å². The fourth-order valence-electron chi connectivity index (χ4n) is 2.28. The Morgan fingerprint density at radius 1 is 1.14 bits per heavy atom. The van der Waals surface area contributed by atoms with Gasteiger partial charge in [-0.15, -0.1) is 0 Å². The first-order chi connectivity index (χ1) is 9.88. The van der Waals surface area contributed by atoms with E-state index in [1.165, 1.54) is 26.7 Å². The SMILES string of the molecule is Cc1cc(C)c2ccn(C)c2c1.Cn1ccc(C(N)=O)n1. The molecule has 5 nitrogen and oxygen atoms in total. The largest absolute Gasteiger partial charge is 0.364 e. The third-order valence-electron chi connectivity index (χ3n) is 3.32.